The highest BCUT2D eigenvalue weighted by atomic mass is 19.4. The van der Waals surface area contributed by atoms with E-state index in [0.717, 1.165) is 37.8 Å². The van der Waals surface area contributed by atoms with Crippen LogP contribution in [-0.2, 0) is 6.18 Å². The molecule has 1 atom stereocenters. The predicted molar refractivity (Wildman–Crippen MR) is 75.8 cm³/mol. The summed E-state index contributed by atoms with van der Waals surface area (Å²) in [6.07, 6.45) is -0.234. The number of hydrogen-bond acceptors (Lipinski definition) is 2. The highest BCUT2D eigenvalue weighted by Gasteiger charge is 2.32. The number of nitrogens with one attached hydrogen (secondary N) is 1. The van der Waals surface area contributed by atoms with Gasteiger partial charge in [0, 0.05) is 6.04 Å². The maximum atomic E-state index is 12.7. The van der Waals surface area contributed by atoms with E-state index in [4.69, 9.17) is 5.26 Å². The number of nitriles is 1. The summed E-state index contributed by atoms with van der Waals surface area (Å²) in [5.41, 5.74) is -0.00997. The number of benzene rings is 1. The molecule has 2 rings (SSSR count). The zero-order valence-corrected chi connectivity index (χ0v) is 12.2. The van der Waals surface area contributed by atoms with Crippen molar-refractivity contribution in [2.45, 2.75) is 51.7 Å². The second-order valence-corrected chi connectivity index (χ2v) is 6.47. The van der Waals surface area contributed by atoms with Crippen LogP contribution in [0.25, 0.3) is 0 Å². The summed E-state index contributed by atoms with van der Waals surface area (Å²) in [6, 6.07) is 5.36. The normalized spacial score (nSPS) is 21.6. The Balaban J connectivity index is 2.19. The van der Waals surface area contributed by atoms with Crippen molar-refractivity contribution in [3.05, 3.63) is 29.3 Å². The lowest BCUT2D eigenvalue weighted by molar-refractivity contribution is -0.137. The maximum absolute atomic E-state index is 12.7. The summed E-state index contributed by atoms with van der Waals surface area (Å²) < 4.78 is 38.0. The van der Waals surface area contributed by atoms with Crippen molar-refractivity contribution >= 4 is 5.69 Å². The van der Waals surface area contributed by atoms with E-state index in [-0.39, 0.29) is 17.0 Å². The molecular formula is C16H19F3N2. The molecule has 21 heavy (non-hydrogen) atoms. The summed E-state index contributed by atoms with van der Waals surface area (Å²) >= 11 is 0. The predicted octanol–water partition coefficient (Wildman–Crippen LogP) is 4.96. The molecule has 0 amide bonds. The third kappa shape index (κ3) is 3.90. The molecule has 1 aromatic rings. The fourth-order valence-corrected chi connectivity index (χ4v) is 2.98. The molecule has 0 heterocycles. The van der Waals surface area contributed by atoms with Gasteiger partial charge in [0.25, 0.3) is 0 Å². The first-order valence-corrected chi connectivity index (χ1v) is 7.09. The number of rotatable bonds is 2. The molecule has 5 heteroatoms. The van der Waals surface area contributed by atoms with E-state index in [9.17, 15) is 13.2 Å². The van der Waals surface area contributed by atoms with Gasteiger partial charge in [-0.2, -0.15) is 18.4 Å². The monoisotopic (exact) mass is 296 g/mol. The highest BCUT2D eigenvalue weighted by molar-refractivity contribution is 5.59. The van der Waals surface area contributed by atoms with Crippen molar-refractivity contribution in [3.8, 4) is 6.07 Å². The third-order valence-corrected chi connectivity index (χ3v) is 4.03. The Bertz CT molecular complexity index is 556. The first-order chi connectivity index (χ1) is 9.71. The second-order valence-electron chi connectivity index (χ2n) is 6.47. The lowest BCUT2D eigenvalue weighted by atomic mass is 9.75. The first-order valence-electron chi connectivity index (χ1n) is 7.09. The van der Waals surface area contributed by atoms with Gasteiger partial charge in [-0.25, -0.2) is 0 Å². The van der Waals surface area contributed by atoms with E-state index in [1.165, 1.54) is 6.07 Å². The molecule has 0 saturated heterocycles. The van der Waals surface area contributed by atoms with Gasteiger partial charge in [-0.15, -0.1) is 0 Å². The van der Waals surface area contributed by atoms with Gasteiger partial charge < -0.3 is 5.32 Å². The number of anilines is 1. The SMILES string of the molecule is CC1(C)CCCC(Nc2ccc(C(F)(F)F)cc2C#N)C1. The fraction of sp³-hybridized carbons (Fsp3) is 0.562. The molecule has 114 valence electrons. The molecule has 1 aliphatic rings. The van der Waals surface area contributed by atoms with Crippen LogP contribution in [0.15, 0.2) is 18.2 Å². The van der Waals surface area contributed by atoms with Crippen LogP contribution in [0.2, 0.25) is 0 Å². The number of halogens is 3. The lowest BCUT2D eigenvalue weighted by Gasteiger charge is -2.36. The zero-order valence-electron chi connectivity index (χ0n) is 12.2. The highest BCUT2D eigenvalue weighted by Crippen LogP contribution is 2.37. The van der Waals surface area contributed by atoms with E-state index < -0.39 is 11.7 Å². The summed E-state index contributed by atoms with van der Waals surface area (Å²) in [5, 5.41) is 12.3. The van der Waals surface area contributed by atoms with Crippen LogP contribution in [0.1, 0.15) is 50.7 Å². The Morgan fingerprint density at radius 2 is 2.05 bits per heavy atom. The summed E-state index contributed by atoms with van der Waals surface area (Å²) in [7, 11) is 0. The molecule has 0 spiro atoms. The molecule has 1 fully saturated rings. The Labute approximate surface area is 123 Å². The molecular weight excluding hydrogens is 277 g/mol. The minimum atomic E-state index is -4.42. The van der Waals surface area contributed by atoms with Crippen molar-refractivity contribution in [2.24, 2.45) is 5.41 Å². The Morgan fingerprint density at radius 1 is 1.33 bits per heavy atom. The standard InChI is InChI=1S/C16H19F3N2/c1-15(2)7-3-4-13(9-15)21-14-6-5-12(16(17,18)19)8-11(14)10-20/h5-6,8,13,21H,3-4,7,9H2,1-2H3. The van der Waals surface area contributed by atoms with Gasteiger partial charge in [0.05, 0.1) is 16.8 Å². The Morgan fingerprint density at radius 3 is 2.62 bits per heavy atom. The Kier molecular flexibility index (Phi) is 4.18. The molecule has 1 unspecified atom stereocenters. The average Bonchev–Trinajstić information content (AvgIpc) is 2.36. The van der Waals surface area contributed by atoms with Crippen LogP contribution in [0, 0.1) is 16.7 Å². The van der Waals surface area contributed by atoms with Crippen molar-refractivity contribution in [3.63, 3.8) is 0 Å². The molecule has 1 N–H and O–H groups in total. The van der Waals surface area contributed by atoms with Crippen LogP contribution in [0.3, 0.4) is 0 Å². The number of hydrogen-bond donors (Lipinski definition) is 1. The molecule has 0 aromatic heterocycles. The molecule has 1 saturated carbocycles. The van der Waals surface area contributed by atoms with Gasteiger partial charge in [0.1, 0.15) is 6.07 Å². The second kappa shape index (κ2) is 5.59. The molecule has 0 bridgehead atoms. The quantitative estimate of drug-likeness (QED) is 0.837. The molecule has 0 aliphatic heterocycles. The van der Waals surface area contributed by atoms with E-state index in [1.807, 2.05) is 6.07 Å². The molecule has 1 aliphatic carbocycles. The molecule has 0 radical (unpaired) electrons. The van der Waals surface area contributed by atoms with Crippen molar-refractivity contribution in [1.82, 2.24) is 0 Å². The summed E-state index contributed by atoms with van der Waals surface area (Å²) in [4.78, 5) is 0. The van der Waals surface area contributed by atoms with Crippen LogP contribution < -0.4 is 5.32 Å². The van der Waals surface area contributed by atoms with Crippen LogP contribution in [0.4, 0.5) is 18.9 Å². The smallest absolute Gasteiger partial charge is 0.381 e. The van der Waals surface area contributed by atoms with E-state index in [2.05, 4.69) is 19.2 Å². The van der Waals surface area contributed by atoms with Crippen LogP contribution in [0.5, 0.6) is 0 Å². The van der Waals surface area contributed by atoms with Gasteiger partial charge >= 0.3 is 6.18 Å². The van der Waals surface area contributed by atoms with Crippen LogP contribution >= 0.6 is 0 Å². The van der Waals surface area contributed by atoms with E-state index in [0.29, 0.717) is 5.69 Å². The third-order valence-electron chi connectivity index (χ3n) is 4.03. The van der Waals surface area contributed by atoms with E-state index in [1.54, 1.807) is 0 Å². The van der Waals surface area contributed by atoms with Crippen molar-refractivity contribution in [2.75, 3.05) is 5.32 Å². The minimum Gasteiger partial charge on any atom is -0.381 e. The number of alkyl halides is 3. The lowest BCUT2D eigenvalue weighted by Crippen LogP contribution is -2.32. The maximum Gasteiger partial charge on any atom is 0.416 e. The van der Waals surface area contributed by atoms with Gasteiger partial charge in [-0.05, 0) is 42.9 Å². The fourth-order valence-electron chi connectivity index (χ4n) is 2.98. The molecule has 1 aromatic carbocycles. The van der Waals surface area contributed by atoms with Crippen molar-refractivity contribution in [1.29, 1.82) is 5.26 Å². The van der Waals surface area contributed by atoms with E-state index >= 15 is 0 Å². The zero-order chi connectivity index (χ0) is 15.7. The van der Waals surface area contributed by atoms with Gasteiger partial charge in [0.2, 0.25) is 0 Å². The first kappa shape index (κ1) is 15.7. The average molecular weight is 296 g/mol. The Hall–Kier alpha value is -1.70. The largest absolute Gasteiger partial charge is 0.416 e. The topological polar surface area (TPSA) is 35.8 Å². The minimum absolute atomic E-state index is 0.0493. The summed E-state index contributed by atoms with van der Waals surface area (Å²) in [5.74, 6) is 0. The van der Waals surface area contributed by atoms with Crippen molar-refractivity contribution < 1.29 is 13.2 Å². The van der Waals surface area contributed by atoms with Gasteiger partial charge in [-0.3, -0.25) is 0 Å². The van der Waals surface area contributed by atoms with Crippen LogP contribution in [-0.4, -0.2) is 6.04 Å². The summed E-state index contributed by atoms with van der Waals surface area (Å²) in [6.45, 7) is 4.39. The molecule has 2 nitrogen and oxygen atoms in total. The number of nitrogens with zero attached hydrogens (tertiary/aromatic N) is 1. The van der Waals surface area contributed by atoms with Gasteiger partial charge in [-0.1, -0.05) is 20.3 Å². The van der Waals surface area contributed by atoms with Gasteiger partial charge in [0.15, 0.2) is 0 Å².